The molecule has 0 aliphatic heterocycles. The van der Waals surface area contributed by atoms with E-state index in [1.54, 1.807) is 0 Å². The lowest BCUT2D eigenvalue weighted by atomic mass is 10.1. The molecular formula is C19H16N2O. The van der Waals surface area contributed by atoms with Crippen molar-refractivity contribution in [2.24, 2.45) is 0 Å². The minimum Gasteiger partial charge on any atom is -0.435 e. The summed E-state index contributed by atoms with van der Waals surface area (Å²) in [5.74, 6) is 0.575. The Hall–Kier alpha value is -2.68. The van der Waals surface area contributed by atoms with Crippen LogP contribution >= 0.6 is 0 Å². The molecule has 0 saturated carbocycles. The molecule has 0 N–H and O–H groups in total. The molecule has 0 unspecified atom stereocenters. The maximum Gasteiger partial charge on any atom is 0.246 e. The number of pyridine rings is 1. The average molecular weight is 288 g/mol. The van der Waals surface area contributed by atoms with Gasteiger partial charge in [-0.25, -0.2) is 9.97 Å². The third kappa shape index (κ3) is 2.06. The number of benzene rings is 2. The summed E-state index contributed by atoms with van der Waals surface area (Å²) in [5, 5.41) is 1.18. The van der Waals surface area contributed by atoms with Gasteiger partial charge >= 0.3 is 0 Å². The smallest absolute Gasteiger partial charge is 0.246 e. The van der Waals surface area contributed by atoms with Crippen LogP contribution in [0.2, 0.25) is 0 Å². The Bertz CT molecular complexity index is 1010. The van der Waals surface area contributed by atoms with E-state index in [9.17, 15) is 0 Å². The van der Waals surface area contributed by atoms with E-state index in [0.717, 1.165) is 22.3 Å². The lowest BCUT2D eigenvalue weighted by Gasteiger charge is -2.05. The van der Waals surface area contributed by atoms with Gasteiger partial charge in [-0.1, -0.05) is 17.7 Å². The molecule has 3 heteroatoms. The standard InChI is InChI=1S/C19H16N2O/c1-11-4-6-15-14(8-11)13(3)10-17(20-15)19-21-16-9-12(2)5-7-18(16)22-19/h4-10H,1-3H3. The minimum atomic E-state index is 0.575. The second kappa shape index (κ2) is 4.67. The van der Waals surface area contributed by atoms with Gasteiger partial charge in [-0.3, -0.25) is 0 Å². The second-order valence-electron chi connectivity index (χ2n) is 5.84. The highest BCUT2D eigenvalue weighted by Gasteiger charge is 2.12. The molecule has 0 spiro atoms. The highest BCUT2D eigenvalue weighted by atomic mass is 16.3. The zero-order valence-corrected chi connectivity index (χ0v) is 12.8. The molecule has 0 fully saturated rings. The Morgan fingerprint density at radius 2 is 1.55 bits per heavy atom. The first kappa shape index (κ1) is 13.0. The van der Waals surface area contributed by atoms with Crippen LogP contribution in [-0.4, -0.2) is 9.97 Å². The predicted octanol–water partition coefficient (Wildman–Crippen LogP) is 4.97. The Morgan fingerprint density at radius 3 is 2.41 bits per heavy atom. The van der Waals surface area contributed by atoms with Gasteiger partial charge in [0.1, 0.15) is 11.2 Å². The van der Waals surface area contributed by atoms with Gasteiger partial charge in [0.05, 0.1) is 5.52 Å². The summed E-state index contributed by atoms with van der Waals surface area (Å²) in [4.78, 5) is 9.29. The lowest BCUT2D eigenvalue weighted by molar-refractivity contribution is 0.617. The maximum atomic E-state index is 5.86. The van der Waals surface area contributed by atoms with Gasteiger partial charge in [0.2, 0.25) is 5.89 Å². The molecule has 0 aliphatic rings. The molecule has 0 radical (unpaired) electrons. The molecule has 0 aliphatic carbocycles. The molecule has 4 aromatic rings. The molecule has 0 bridgehead atoms. The lowest BCUT2D eigenvalue weighted by Crippen LogP contribution is -1.89. The number of hydrogen-bond donors (Lipinski definition) is 0. The molecule has 0 amide bonds. The van der Waals surface area contributed by atoms with Gasteiger partial charge in [0.15, 0.2) is 5.58 Å². The summed E-state index contributed by atoms with van der Waals surface area (Å²) in [6, 6.07) is 14.3. The van der Waals surface area contributed by atoms with E-state index in [1.165, 1.54) is 22.1 Å². The van der Waals surface area contributed by atoms with Crippen LogP contribution in [0.3, 0.4) is 0 Å². The number of nitrogens with zero attached hydrogens (tertiary/aromatic N) is 2. The molecule has 0 atom stereocenters. The van der Waals surface area contributed by atoms with Crippen molar-refractivity contribution in [3.63, 3.8) is 0 Å². The first-order valence-electron chi connectivity index (χ1n) is 7.36. The van der Waals surface area contributed by atoms with Crippen molar-refractivity contribution in [3.8, 4) is 11.6 Å². The Labute approximate surface area is 128 Å². The van der Waals surface area contributed by atoms with Crippen molar-refractivity contribution in [2.75, 3.05) is 0 Å². The van der Waals surface area contributed by atoms with Crippen molar-refractivity contribution >= 4 is 22.0 Å². The molecule has 4 rings (SSSR count). The molecule has 22 heavy (non-hydrogen) atoms. The molecule has 2 heterocycles. The van der Waals surface area contributed by atoms with Crippen LogP contribution in [0.25, 0.3) is 33.6 Å². The summed E-state index contributed by atoms with van der Waals surface area (Å²) in [7, 11) is 0. The van der Waals surface area contributed by atoms with Crippen molar-refractivity contribution in [2.45, 2.75) is 20.8 Å². The number of rotatable bonds is 1. The number of fused-ring (bicyclic) bond motifs is 2. The number of aromatic nitrogens is 2. The Balaban J connectivity index is 1.93. The molecule has 3 nitrogen and oxygen atoms in total. The zero-order valence-electron chi connectivity index (χ0n) is 12.8. The zero-order chi connectivity index (χ0) is 15.3. The molecule has 2 aromatic carbocycles. The summed E-state index contributed by atoms with van der Waals surface area (Å²) in [5.41, 5.74) is 7.01. The third-order valence-corrected chi connectivity index (χ3v) is 3.93. The van der Waals surface area contributed by atoms with Crippen LogP contribution < -0.4 is 0 Å². The topological polar surface area (TPSA) is 38.9 Å². The van der Waals surface area contributed by atoms with Gasteiger partial charge in [0, 0.05) is 5.39 Å². The van der Waals surface area contributed by atoms with Crippen LogP contribution in [0.4, 0.5) is 0 Å². The van der Waals surface area contributed by atoms with E-state index in [4.69, 9.17) is 9.40 Å². The van der Waals surface area contributed by atoms with Crippen LogP contribution in [-0.2, 0) is 0 Å². The van der Waals surface area contributed by atoms with Crippen LogP contribution in [0.15, 0.2) is 46.9 Å². The van der Waals surface area contributed by atoms with E-state index < -0.39 is 0 Å². The fourth-order valence-electron chi connectivity index (χ4n) is 2.76. The first-order chi connectivity index (χ1) is 10.6. The van der Waals surface area contributed by atoms with Crippen molar-refractivity contribution in [1.29, 1.82) is 0 Å². The van der Waals surface area contributed by atoms with Crippen LogP contribution in [0.1, 0.15) is 16.7 Å². The normalized spacial score (nSPS) is 11.4. The quantitative estimate of drug-likeness (QED) is 0.496. The van der Waals surface area contributed by atoms with E-state index in [-0.39, 0.29) is 0 Å². The molecule has 0 saturated heterocycles. The summed E-state index contributed by atoms with van der Waals surface area (Å²) in [6.45, 7) is 6.24. The minimum absolute atomic E-state index is 0.575. The second-order valence-corrected chi connectivity index (χ2v) is 5.84. The Kier molecular flexibility index (Phi) is 2.76. The van der Waals surface area contributed by atoms with Gasteiger partial charge in [0.25, 0.3) is 0 Å². The molecular weight excluding hydrogens is 272 g/mol. The third-order valence-electron chi connectivity index (χ3n) is 3.93. The van der Waals surface area contributed by atoms with Crippen molar-refractivity contribution in [3.05, 3.63) is 59.2 Å². The van der Waals surface area contributed by atoms with Crippen LogP contribution in [0, 0.1) is 20.8 Å². The molecule has 2 aromatic heterocycles. The summed E-state index contributed by atoms with van der Waals surface area (Å²) in [6.07, 6.45) is 0. The first-order valence-corrected chi connectivity index (χ1v) is 7.36. The van der Waals surface area contributed by atoms with Crippen LogP contribution in [0.5, 0.6) is 0 Å². The highest BCUT2D eigenvalue weighted by Crippen LogP contribution is 2.27. The highest BCUT2D eigenvalue weighted by molar-refractivity contribution is 5.85. The summed E-state index contributed by atoms with van der Waals surface area (Å²) >= 11 is 0. The largest absolute Gasteiger partial charge is 0.435 e. The van der Waals surface area contributed by atoms with E-state index in [1.807, 2.05) is 30.3 Å². The van der Waals surface area contributed by atoms with E-state index >= 15 is 0 Å². The Morgan fingerprint density at radius 1 is 0.773 bits per heavy atom. The fourth-order valence-corrected chi connectivity index (χ4v) is 2.76. The van der Waals surface area contributed by atoms with Crippen molar-refractivity contribution in [1.82, 2.24) is 9.97 Å². The average Bonchev–Trinajstić information content (AvgIpc) is 2.91. The van der Waals surface area contributed by atoms with E-state index in [2.05, 4.69) is 37.9 Å². The fraction of sp³-hybridized carbons (Fsp3) is 0.158. The number of hydrogen-bond acceptors (Lipinski definition) is 3. The maximum absolute atomic E-state index is 5.86. The summed E-state index contributed by atoms with van der Waals surface area (Å²) < 4.78 is 5.86. The number of oxazole rings is 1. The van der Waals surface area contributed by atoms with Gasteiger partial charge in [-0.05, 0) is 62.2 Å². The van der Waals surface area contributed by atoms with Gasteiger partial charge < -0.3 is 4.42 Å². The van der Waals surface area contributed by atoms with Gasteiger partial charge in [-0.2, -0.15) is 0 Å². The SMILES string of the molecule is Cc1ccc2oc(-c3cc(C)c4cc(C)ccc4n3)nc2c1. The molecule has 108 valence electrons. The van der Waals surface area contributed by atoms with E-state index in [0.29, 0.717) is 5.89 Å². The van der Waals surface area contributed by atoms with Crippen molar-refractivity contribution < 1.29 is 4.42 Å². The van der Waals surface area contributed by atoms with Gasteiger partial charge in [-0.15, -0.1) is 0 Å². The number of aryl methyl sites for hydroxylation is 3. The predicted molar refractivity (Wildman–Crippen MR) is 89.0 cm³/mol. The monoisotopic (exact) mass is 288 g/mol.